The number of aromatic amines is 1. The molecule has 2 aromatic carbocycles. The van der Waals surface area contributed by atoms with Crippen LogP contribution in [0.25, 0.3) is 10.9 Å². The molecule has 0 saturated heterocycles. The van der Waals surface area contributed by atoms with E-state index in [0.29, 0.717) is 5.56 Å². The molecule has 5 nitrogen and oxygen atoms in total. The Morgan fingerprint density at radius 2 is 1.72 bits per heavy atom. The van der Waals surface area contributed by atoms with E-state index in [-0.39, 0.29) is 18.4 Å². The van der Waals surface area contributed by atoms with Gasteiger partial charge in [0.05, 0.1) is 17.6 Å². The van der Waals surface area contributed by atoms with Crippen LogP contribution < -0.4 is 5.32 Å². The van der Waals surface area contributed by atoms with Crippen molar-refractivity contribution in [3.05, 3.63) is 64.3 Å². The summed E-state index contributed by atoms with van der Waals surface area (Å²) in [6.07, 6.45) is 4.46. The molecule has 2 amide bonds. The van der Waals surface area contributed by atoms with E-state index in [4.69, 9.17) is 0 Å². The van der Waals surface area contributed by atoms with Gasteiger partial charge in [0.1, 0.15) is 0 Å². The number of carbonyl (C=O) groups excluding carboxylic acids is 2. The molecular weight excluding hydrogens is 362 g/mol. The minimum Gasteiger partial charge on any atom is -0.358 e. The average Bonchev–Trinajstić information content (AvgIpc) is 3.09. The van der Waals surface area contributed by atoms with Crippen molar-refractivity contribution in [2.24, 2.45) is 0 Å². The Bertz CT molecular complexity index is 1080. The van der Waals surface area contributed by atoms with Crippen molar-refractivity contribution in [2.75, 3.05) is 18.9 Å². The summed E-state index contributed by atoms with van der Waals surface area (Å²) in [5.74, 6) is -0.345. The zero-order valence-electron chi connectivity index (χ0n) is 17.3. The Morgan fingerprint density at radius 1 is 1.03 bits per heavy atom. The normalized spacial score (nSPS) is 13.2. The number of hydrogen-bond donors (Lipinski definition) is 2. The van der Waals surface area contributed by atoms with Gasteiger partial charge < -0.3 is 15.2 Å². The van der Waals surface area contributed by atoms with Crippen molar-refractivity contribution in [2.45, 2.75) is 39.5 Å². The minimum absolute atomic E-state index is 0.00339. The van der Waals surface area contributed by atoms with Crippen LogP contribution >= 0.6 is 0 Å². The number of nitrogens with one attached hydrogen (secondary N) is 2. The predicted molar refractivity (Wildman–Crippen MR) is 116 cm³/mol. The fraction of sp³-hybridized carbons (Fsp3) is 0.333. The van der Waals surface area contributed by atoms with Crippen molar-refractivity contribution in [3.8, 4) is 0 Å². The van der Waals surface area contributed by atoms with Gasteiger partial charge in [-0.3, -0.25) is 9.59 Å². The van der Waals surface area contributed by atoms with Crippen LogP contribution in [0.4, 0.5) is 5.69 Å². The Morgan fingerprint density at radius 3 is 2.48 bits per heavy atom. The summed E-state index contributed by atoms with van der Waals surface area (Å²) in [6.45, 7) is 3.93. The van der Waals surface area contributed by atoms with Gasteiger partial charge in [0, 0.05) is 23.8 Å². The van der Waals surface area contributed by atoms with E-state index in [1.807, 2.05) is 44.2 Å². The van der Waals surface area contributed by atoms with E-state index < -0.39 is 0 Å². The number of anilines is 1. The number of aryl methyl sites for hydroxylation is 4. The first-order chi connectivity index (χ1) is 14.0. The molecule has 29 heavy (non-hydrogen) atoms. The van der Waals surface area contributed by atoms with Gasteiger partial charge in [0.15, 0.2) is 0 Å². The molecule has 0 radical (unpaired) electrons. The van der Waals surface area contributed by atoms with Gasteiger partial charge in [-0.05, 0) is 62.3 Å². The first kappa shape index (κ1) is 19.2. The third-order valence-electron chi connectivity index (χ3n) is 5.84. The molecule has 1 aromatic heterocycles. The second-order valence-corrected chi connectivity index (χ2v) is 7.99. The quantitative estimate of drug-likeness (QED) is 0.696. The molecule has 0 spiro atoms. The number of fused-ring (bicyclic) bond motifs is 3. The van der Waals surface area contributed by atoms with Gasteiger partial charge in [-0.2, -0.15) is 0 Å². The second kappa shape index (κ2) is 7.74. The van der Waals surface area contributed by atoms with Crippen molar-refractivity contribution < 1.29 is 9.59 Å². The average molecular weight is 389 g/mol. The highest BCUT2D eigenvalue weighted by atomic mass is 16.2. The van der Waals surface area contributed by atoms with E-state index in [1.54, 1.807) is 7.05 Å². The lowest BCUT2D eigenvalue weighted by atomic mass is 9.95. The first-order valence-electron chi connectivity index (χ1n) is 10.2. The van der Waals surface area contributed by atoms with Crippen LogP contribution in [0, 0.1) is 13.8 Å². The summed E-state index contributed by atoms with van der Waals surface area (Å²) in [6, 6.07) is 11.7. The number of carbonyl (C=O) groups is 2. The molecule has 1 aliphatic rings. The number of likely N-dealkylation sites (N-methyl/N-ethyl adjacent to an activating group) is 1. The maximum absolute atomic E-state index is 13.1. The Balaban J connectivity index is 1.54. The van der Waals surface area contributed by atoms with Gasteiger partial charge in [-0.1, -0.05) is 30.3 Å². The summed E-state index contributed by atoms with van der Waals surface area (Å²) in [5, 5.41) is 4.09. The summed E-state index contributed by atoms with van der Waals surface area (Å²) < 4.78 is 0. The molecule has 0 saturated carbocycles. The van der Waals surface area contributed by atoms with E-state index in [2.05, 4.69) is 16.4 Å². The van der Waals surface area contributed by atoms with Crippen molar-refractivity contribution in [1.82, 2.24) is 9.88 Å². The number of aromatic nitrogens is 1. The van der Waals surface area contributed by atoms with Crippen molar-refractivity contribution >= 4 is 28.4 Å². The number of H-pyrrole nitrogens is 1. The van der Waals surface area contributed by atoms with Crippen LogP contribution in [0.2, 0.25) is 0 Å². The molecule has 0 bridgehead atoms. The summed E-state index contributed by atoms with van der Waals surface area (Å²) in [7, 11) is 1.67. The van der Waals surface area contributed by atoms with E-state index in [9.17, 15) is 9.59 Å². The maximum Gasteiger partial charge on any atom is 0.256 e. The molecule has 1 aliphatic carbocycles. The molecule has 5 heteroatoms. The topological polar surface area (TPSA) is 65.2 Å². The Kier molecular flexibility index (Phi) is 5.14. The highest BCUT2D eigenvalue weighted by Crippen LogP contribution is 2.31. The van der Waals surface area contributed by atoms with E-state index in [1.165, 1.54) is 29.0 Å². The lowest BCUT2D eigenvalue weighted by Crippen LogP contribution is -2.35. The fourth-order valence-corrected chi connectivity index (χ4v) is 4.29. The third kappa shape index (κ3) is 3.65. The lowest BCUT2D eigenvalue weighted by molar-refractivity contribution is -0.116. The Labute approximate surface area is 171 Å². The van der Waals surface area contributed by atoms with Gasteiger partial charge in [0.2, 0.25) is 5.91 Å². The predicted octanol–water partition coefficient (Wildman–Crippen LogP) is 4.37. The number of rotatable bonds is 4. The molecule has 0 aliphatic heterocycles. The SMILES string of the molecule is Cc1cccc(C)c1NC(=O)CN(C)C(=O)c1cccc2c3c([nH]c12)CCCC3. The van der Waals surface area contributed by atoms with Crippen LogP contribution in [0.5, 0.6) is 0 Å². The second-order valence-electron chi connectivity index (χ2n) is 7.99. The fourth-order valence-electron chi connectivity index (χ4n) is 4.29. The van der Waals surface area contributed by atoms with E-state index in [0.717, 1.165) is 40.6 Å². The Hall–Kier alpha value is -3.08. The lowest BCUT2D eigenvalue weighted by Gasteiger charge is -2.18. The largest absolute Gasteiger partial charge is 0.358 e. The molecule has 0 unspecified atom stereocenters. The highest BCUT2D eigenvalue weighted by Gasteiger charge is 2.22. The van der Waals surface area contributed by atoms with Gasteiger partial charge in [-0.15, -0.1) is 0 Å². The smallest absolute Gasteiger partial charge is 0.256 e. The van der Waals surface area contributed by atoms with Crippen LogP contribution in [0.15, 0.2) is 36.4 Å². The van der Waals surface area contributed by atoms with Crippen molar-refractivity contribution in [1.29, 1.82) is 0 Å². The van der Waals surface area contributed by atoms with Crippen LogP contribution in [-0.2, 0) is 17.6 Å². The van der Waals surface area contributed by atoms with E-state index >= 15 is 0 Å². The zero-order valence-corrected chi connectivity index (χ0v) is 17.3. The standard InChI is InChI=1S/C24H27N3O2/c1-15-8-6-9-16(2)22(15)26-21(28)14-27(3)24(29)19-12-7-11-18-17-10-4-5-13-20(17)25-23(18)19/h6-9,11-12,25H,4-5,10,13-14H2,1-3H3,(H,26,28). The van der Waals surface area contributed by atoms with Crippen molar-refractivity contribution in [3.63, 3.8) is 0 Å². The molecule has 0 fully saturated rings. The monoisotopic (exact) mass is 389 g/mol. The molecule has 2 N–H and O–H groups in total. The molecule has 150 valence electrons. The van der Waals surface area contributed by atoms with Crippen LogP contribution in [-0.4, -0.2) is 35.3 Å². The minimum atomic E-state index is -0.198. The molecule has 3 aromatic rings. The third-order valence-corrected chi connectivity index (χ3v) is 5.84. The summed E-state index contributed by atoms with van der Waals surface area (Å²) in [5.41, 5.74) is 6.95. The number of nitrogens with zero attached hydrogens (tertiary/aromatic N) is 1. The highest BCUT2D eigenvalue weighted by molar-refractivity contribution is 6.08. The molecule has 4 rings (SSSR count). The molecule has 1 heterocycles. The number of amides is 2. The first-order valence-corrected chi connectivity index (χ1v) is 10.2. The maximum atomic E-state index is 13.1. The van der Waals surface area contributed by atoms with Gasteiger partial charge in [0.25, 0.3) is 5.91 Å². The van der Waals surface area contributed by atoms with Gasteiger partial charge >= 0.3 is 0 Å². The van der Waals surface area contributed by atoms with Crippen LogP contribution in [0.1, 0.15) is 45.6 Å². The molecule has 0 atom stereocenters. The zero-order chi connectivity index (χ0) is 20.5. The summed E-state index contributed by atoms with van der Waals surface area (Å²) >= 11 is 0. The number of hydrogen-bond acceptors (Lipinski definition) is 2. The van der Waals surface area contributed by atoms with Gasteiger partial charge in [-0.25, -0.2) is 0 Å². The number of para-hydroxylation sites is 2. The van der Waals surface area contributed by atoms with Crippen LogP contribution in [0.3, 0.4) is 0 Å². The molecular formula is C24H27N3O2. The summed E-state index contributed by atoms with van der Waals surface area (Å²) in [4.78, 5) is 30.7. The number of benzene rings is 2.